The van der Waals surface area contributed by atoms with Gasteiger partial charge in [-0.05, 0) is 18.2 Å². The number of carbonyl (C=O) groups is 2. The molecule has 2 aromatic rings. The summed E-state index contributed by atoms with van der Waals surface area (Å²) in [5.74, 6) is -1.11. The van der Waals surface area contributed by atoms with Crippen LogP contribution in [0.25, 0.3) is 0 Å². The Kier molecular flexibility index (Phi) is 4.82. The summed E-state index contributed by atoms with van der Waals surface area (Å²) in [6.45, 7) is 5.20. The molecule has 1 aromatic heterocycles. The Bertz CT molecular complexity index is 785. The number of amides is 2. The van der Waals surface area contributed by atoms with Gasteiger partial charge in [0.1, 0.15) is 23.0 Å². The highest BCUT2D eigenvalue weighted by Gasteiger charge is 2.22. The topological polar surface area (TPSA) is 94.3 Å². The Morgan fingerprint density at radius 1 is 1.17 bits per heavy atom. The molecule has 0 radical (unpaired) electrons. The molecule has 0 saturated heterocycles. The Morgan fingerprint density at radius 2 is 1.83 bits per heavy atom. The van der Waals surface area contributed by atoms with Gasteiger partial charge in [0, 0.05) is 23.7 Å². The number of nitrogens with one attached hydrogen (secondary N) is 1. The lowest BCUT2D eigenvalue weighted by atomic mass is 9.95. The molecule has 0 aliphatic heterocycles. The number of nitrogens with two attached hydrogens (primary N) is 1. The zero-order valence-corrected chi connectivity index (χ0v) is 13.6. The minimum Gasteiger partial charge on any atom is -0.457 e. The van der Waals surface area contributed by atoms with Crippen LogP contribution in [0.2, 0.25) is 0 Å². The fourth-order valence-corrected chi connectivity index (χ4v) is 1.72. The van der Waals surface area contributed by atoms with E-state index in [4.69, 9.17) is 10.5 Å². The van der Waals surface area contributed by atoms with Crippen molar-refractivity contribution in [2.24, 2.45) is 11.1 Å². The van der Waals surface area contributed by atoms with Crippen molar-refractivity contribution in [3.63, 3.8) is 0 Å². The average Bonchev–Trinajstić information content (AvgIpc) is 2.49. The standard InChI is InChI=1S/C17H18FN3O3/c1-17(2,3)16(23)21-13-5-4-10(8-12(13)18)24-11-6-7-20-14(9-11)15(19)22/h4-9H,1-3H3,(H2,19,22)(H,21,23). The average molecular weight is 331 g/mol. The van der Waals surface area contributed by atoms with Crippen LogP contribution in [0.5, 0.6) is 11.5 Å². The highest BCUT2D eigenvalue weighted by atomic mass is 19.1. The summed E-state index contributed by atoms with van der Waals surface area (Å²) >= 11 is 0. The van der Waals surface area contributed by atoms with Gasteiger partial charge in [0.15, 0.2) is 0 Å². The van der Waals surface area contributed by atoms with Gasteiger partial charge in [-0.3, -0.25) is 14.6 Å². The molecule has 7 heteroatoms. The summed E-state index contributed by atoms with van der Waals surface area (Å²) in [7, 11) is 0. The fraction of sp³-hybridized carbons (Fsp3) is 0.235. The van der Waals surface area contributed by atoms with E-state index in [-0.39, 0.29) is 23.0 Å². The van der Waals surface area contributed by atoms with Gasteiger partial charge in [-0.15, -0.1) is 0 Å². The smallest absolute Gasteiger partial charge is 0.267 e. The molecule has 126 valence electrons. The van der Waals surface area contributed by atoms with E-state index in [1.54, 1.807) is 20.8 Å². The number of primary amides is 1. The van der Waals surface area contributed by atoms with Crippen LogP contribution < -0.4 is 15.8 Å². The van der Waals surface area contributed by atoms with E-state index >= 15 is 0 Å². The molecule has 0 fully saturated rings. The van der Waals surface area contributed by atoms with Crippen molar-refractivity contribution in [3.8, 4) is 11.5 Å². The molecule has 3 N–H and O–H groups in total. The quantitative estimate of drug-likeness (QED) is 0.900. The maximum absolute atomic E-state index is 14.1. The Balaban J connectivity index is 2.16. The van der Waals surface area contributed by atoms with E-state index in [2.05, 4.69) is 10.3 Å². The molecule has 0 bridgehead atoms. The van der Waals surface area contributed by atoms with Crippen molar-refractivity contribution in [1.82, 2.24) is 4.98 Å². The monoisotopic (exact) mass is 331 g/mol. The number of nitrogens with zero attached hydrogens (tertiary/aromatic N) is 1. The Hall–Kier alpha value is -2.96. The van der Waals surface area contributed by atoms with Crippen molar-refractivity contribution >= 4 is 17.5 Å². The van der Waals surface area contributed by atoms with Gasteiger partial charge in [-0.1, -0.05) is 20.8 Å². The lowest BCUT2D eigenvalue weighted by Gasteiger charge is -2.18. The molecule has 0 atom stereocenters. The second-order valence-corrected chi connectivity index (χ2v) is 6.19. The predicted molar refractivity (Wildman–Crippen MR) is 87.3 cm³/mol. The summed E-state index contributed by atoms with van der Waals surface area (Å²) in [5, 5.41) is 2.52. The molecular weight excluding hydrogens is 313 g/mol. The number of aromatic nitrogens is 1. The number of anilines is 1. The normalized spacial score (nSPS) is 11.0. The van der Waals surface area contributed by atoms with Crippen LogP contribution >= 0.6 is 0 Å². The van der Waals surface area contributed by atoms with Crippen LogP contribution in [0, 0.1) is 11.2 Å². The van der Waals surface area contributed by atoms with Crippen LogP contribution in [-0.4, -0.2) is 16.8 Å². The predicted octanol–water partition coefficient (Wildman–Crippen LogP) is 3.10. The number of carbonyl (C=O) groups excluding carboxylic acids is 2. The van der Waals surface area contributed by atoms with Crippen LogP contribution in [0.15, 0.2) is 36.5 Å². The molecule has 1 aromatic carbocycles. The maximum atomic E-state index is 14.1. The van der Waals surface area contributed by atoms with Gasteiger partial charge in [0.25, 0.3) is 5.91 Å². The number of rotatable bonds is 4. The fourth-order valence-electron chi connectivity index (χ4n) is 1.72. The number of benzene rings is 1. The number of ether oxygens (including phenoxy) is 1. The second kappa shape index (κ2) is 6.66. The molecule has 2 amide bonds. The second-order valence-electron chi connectivity index (χ2n) is 6.19. The van der Waals surface area contributed by atoms with Crippen molar-refractivity contribution in [3.05, 3.63) is 48.0 Å². The molecule has 24 heavy (non-hydrogen) atoms. The van der Waals surface area contributed by atoms with E-state index < -0.39 is 17.1 Å². The van der Waals surface area contributed by atoms with E-state index in [0.29, 0.717) is 5.75 Å². The van der Waals surface area contributed by atoms with Gasteiger partial charge in [0.2, 0.25) is 5.91 Å². The number of hydrogen-bond acceptors (Lipinski definition) is 4. The summed E-state index contributed by atoms with van der Waals surface area (Å²) in [6.07, 6.45) is 1.36. The molecular formula is C17H18FN3O3. The van der Waals surface area contributed by atoms with Gasteiger partial charge < -0.3 is 15.8 Å². The highest BCUT2D eigenvalue weighted by molar-refractivity contribution is 5.94. The number of pyridine rings is 1. The first-order valence-corrected chi connectivity index (χ1v) is 7.21. The summed E-state index contributed by atoms with van der Waals surface area (Å²) in [6, 6.07) is 6.92. The van der Waals surface area contributed by atoms with Crippen molar-refractivity contribution in [2.75, 3.05) is 5.32 Å². The zero-order valence-electron chi connectivity index (χ0n) is 13.6. The van der Waals surface area contributed by atoms with E-state index in [0.717, 1.165) is 6.07 Å². The molecule has 0 aliphatic carbocycles. The van der Waals surface area contributed by atoms with Gasteiger partial charge in [-0.2, -0.15) is 0 Å². The Morgan fingerprint density at radius 3 is 2.42 bits per heavy atom. The molecule has 0 saturated carbocycles. The largest absolute Gasteiger partial charge is 0.457 e. The van der Waals surface area contributed by atoms with Crippen molar-refractivity contribution in [2.45, 2.75) is 20.8 Å². The highest BCUT2D eigenvalue weighted by Crippen LogP contribution is 2.27. The van der Waals surface area contributed by atoms with Crippen LogP contribution in [0.4, 0.5) is 10.1 Å². The van der Waals surface area contributed by atoms with Crippen molar-refractivity contribution < 1.29 is 18.7 Å². The third-order valence-corrected chi connectivity index (χ3v) is 3.09. The Labute approximate surface area is 138 Å². The summed E-state index contributed by atoms with van der Waals surface area (Å²) in [5.41, 5.74) is 4.62. The minimum absolute atomic E-state index is 0.0435. The van der Waals surface area contributed by atoms with Gasteiger partial charge in [0.05, 0.1) is 5.69 Å². The first-order chi connectivity index (χ1) is 11.2. The summed E-state index contributed by atoms with van der Waals surface area (Å²) < 4.78 is 19.6. The first-order valence-electron chi connectivity index (χ1n) is 7.21. The van der Waals surface area contributed by atoms with Crippen LogP contribution in [0.1, 0.15) is 31.3 Å². The minimum atomic E-state index is -0.688. The van der Waals surface area contributed by atoms with Gasteiger partial charge in [-0.25, -0.2) is 4.39 Å². The summed E-state index contributed by atoms with van der Waals surface area (Å²) in [4.78, 5) is 26.8. The molecule has 0 spiro atoms. The van der Waals surface area contributed by atoms with Crippen LogP contribution in [0.3, 0.4) is 0 Å². The maximum Gasteiger partial charge on any atom is 0.267 e. The van der Waals surface area contributed by atoms with E-state index in [9.17, 15) is 14.0 Å². The number of hydrogen-bond donors (Lipinski definition) is 2. The third kappa shape index (κ3) is 4.28. The van der Waals surface area contributed by atoms with Gasteiger partial charge >= 0.3 is 0 Å². The third-order valence-electron chi connectivity index (χ3n) is 3.09. The van der Waals surface area contributed by atoms with Crippen LogP contribution in [-0.2, 0) is 4.79 Å². The lowest BCUT2D eigenvalue weighted by molar-refractivity contribution is -0.123. The molecule has 2 rings (SSSR count). The lowest BCUT2D eigenvalue weighted by Crippen LogP contribution is -2.28. The first kappa shape index (κ1) is 17.4. The molecule has 6 nitrogen and oxygen atoms in total. The SMILES string of the molecule is CC(C)(C)C(=O)Nc1ccc(Oc2ccnc(C(N)=O)c2)cc1F. The zero-order chi connectivity index (χ0) is 17.9. The number of halogens is 1. The van der Waals surface area contributed by atoms with E-state index in [1.807, 2.05) is 0 Å². The molecule has 0 unspecified atom stereocenters. The molecule has 0 aliphatic rings. The molecule has 1 heterocycles. The van der Waals surface area contributed by atoms with E-state index in [1.165, 1.54) is 30.5 Å². The van der Waals surface area contributed by atoms with Crippen molar-refractivity contribution in [1.29, 1.82) is 0 Å².